The molecule has 0 amide bonds. The third-order valence-electron chi connectivity index (χ3n) is 4.13. The minimum Gasteiger partial charge on any atom is -0.480 e. The molecule has 4 rings (SSSR count). The lowest BCUT2D eigenvalue weighted by atomic mass is 10.1. The van der Waals surface area contributed by atoms with Gasteiger partial charge in [0.25, 0.3) is 10.0 Å². The van der Waals surface area contributed by atoms with Crippen molar-refractivity contribution < 1.29 is 21.9 Å². The molecule has 30 heavy (non-hydrogen) atoms. The van der Waals surface area contributed by atoms with E-state index in [-0.39, 0.29) is 11.6 Å². The summed E-state index contributed by atoms with van der Waals surface area (Å²) in [4.78, 5) is 15.4. The Morgan fingerprint density at radius 1 is 1.00 bits per heavy atom. The van der Waals surface area contributed by atoms with E-state index in [1.54, 1.807) is 12.1 Å². The summed E-state index contributed by atoms with van der Waals surface area (Å²) in [5, 5.41) is 0. The molecule has 3 heterocycles. The Morgan fingerprint density at radius 2 is 1.77 bits per heavy atom. The normalized spacial score (nSPS) is 11.4. The second kappa shape index (κ2) is 7.59. The first-order valence-corrected chi connectivity index (χ1v) is 9.95. The maximum absolute atomic E-state index is 14.0. The summed E-state index contributed by atoms with van der Waals surface area (Å²) in [6.45, 7) is 0. The van der Waals surface area contributed by atoms with Crippen LogP contribution in [0, 0.1) is 11.6 Å². The Balaban J connectivity index is 1.78. The molecule has 0 spiro atoms. The first kappa shape index (κ1) is 19.6. The van der Waals surface area contributed by atoms with E-state index in [0.29, 0.717) is 22.3 Å². The molecule has 0 aliphatic rings. The fourth-order valence-corrected chi connectivity index (χ4v) is 3.98. The molecule has 0 bridgehead atoms. The molecular weight excluding hydrogens is 416 g/mol. The second-order valence-electron chi connectivity index (χ2n) is 6.06. The quantitative estimate of drug-likeness (QED) is 0.519. The number of benzene rings is 1. The molecule has 0 saturated heterocycles. The zero-order valence-electron chi connectivity index (χ0n) is 15.4. The number of nitrogens with zero attached hydrogens (tertiary/aromatic N) is 4. The van der Waals surface area contributed by atoms with E-state index >= 15 is 0 Å². The Hall–Kier alpha value is -3.73. The van der Waals surface area contributed by atoms with Gasteiger partial charge < -0.3 is 4.74 Å². The van der Waals surface area contributed by atoms with Gasteiger partial charge in [0.05, 0.1) is 24.5 Å². The number of sulfonamides is 1. The van der Waals surface area contributed by atoms with Gasteiger partial charge >= 0.3 is 0 Å². The molecule has 0 atom stereocenters. The van der Waals surface area contributed by atoms with E-state index in [0.717, 1.165) is 18.2 Å². The van der Waals surface area contributed by atoms with Crippen molar-refractivity contribution in [1.82, 2.24) is 19.9 Å². The number of nitrogens with one attached hydrogen (secondary N) is 1. The summed E-state index contributed by atoms with van der Waals surface area (Å²) in [7, 11) is -3.31. The number of pyridine rings is 2. The Morgan fingerprint density at radius 3 is 2.50 bits per heavy atom. The number of hydrogen-bond acceptors (Lipinski definition) is 7. The third kappa shape index (κ3) is 3.62. The van der Waals surface area contributed by atoms with Crippen LogP contribution in [0.3, 0.4) is 0 Å². The molecule has 0 aliphatic heterocycles. The van der Waals surface area contributed by atoms with Gasteiger partial charge in [0.1, 0.15) is 29.2 Å². The molecule has 0 fully saturated rings. The zero-order valence-corrected chi connectivity index (χ0v) is 16.2. The molecule has 0 radical (unpaired) electrons. The lowest BCUT2D eigenvalue weighted by molar-refractivity contribution is 0.400. The average Bonchev–Trinajstić information content (AvgIpc) is 2.72. The van der Waals surface area contributed by atoms with Crippen molar-refractivity contribution in [2.24, 2.45) is 0 Å². The Labute approximate surface area is 169 Å². The molecule has 11 heteroatoms. The molecule has 1 aromatic carbocycles. The van der Waals surface area contributed by atoms with E-state index in [1.165, 1.54) is 31.9 Å². The maximum atomic E-state index is 14.0. The fraction of sp³-hybridized carbons (Fsp3) is 0.0526. The van der Waals surface area contributed by atoms with Crippen molar-refractivity contribution >= 4 is 26.7 Å². The van der Waals surface area contributed by atoms with E-state index < -0.39 is 26.6 Å². The van der Waals surface area contributed by atoms with Crippen LogP contribution in [0.5, 0.6) is 5.88 Å². The minimum atomic E-state index is -4.60. The number of methoxy groups -OCH3 is 1. The highest BCUT2D eigenvalue weighted by Crippen LogP contribution is 2.31. The number of fused-ring (bicyclic) bond motifs is 1. The van der Waals surface area contributed by atoms with Gasteiger partial charge in [-0.15, -0.1) is 0 Å². The molecule has 0 saturated carbocycles. The lowest BCUT2D eigenvalue weighted by Crippen LogP contribution is -2.17. The first-order valence-electron chi connectivity index (χ1n) is 8.47. The summed E-state index contributed by atoms with van der Waals surface area (Å²) in [5.74, 6) is -2.52. The van der Waals surface area contributed by atoms with Crippen molar-refractivity contribution in [1.29, 1.82) is 0 Å². The number of anilines is 1. The fourth-order valence-electron chi connectivity index (χ4n) is 2.80. The van der Waals surface area contributed by atoms with Crippen LogP contribution in [0.4, 0.5) is 14.5 Å². The van der Waals surface area contributed by atoms with Gasteiger partial charge in [0.15, 0.2) is 4.90 Å². The number of hydrogen-bond donors (Lipinski definition) is 1. The molecule has 8 nitrogen and oxygen atoms in total. The Bertz CT molecular complexity index is 1350. The predicted molar refractivity (Wildman–Crippen MR) is 104 cm³/mol. The highest BCUT2D eigenvalue weighted by molar-refractivity contribution is 7.92. The van der Waals surface area contributed by atoms with Crippen molar-refractivity contribution in [2.45, 2.75) is 4.90 Å². The second-order valence-corrected chi connectivity index (χ2v) is 7.68. The van der Waals surface area contributed by atoms with Crippen LogP contribution in [-0.4, -0.2) is 35.5 Å². The highest BCUT2D eigenvalue weighted by Gasteiger charge is 2.25. The summed E-state index contributed by atoms with van der Waals surface area (Å²) < 4.78 is 60.5. The SMILES string of the molecule is COc1ncc(-c2ccc3ncncc3n2)cc1NS(=O)(=O)c1c(F)cccc1F. The highest BCUT2D eigenvalue weighted by atomic mass is 32.2. The van der Waals surface area contributed by atoms with Gasteiger partial charge in [-0.05, 0) is 30.3 Å². The third-order valence-corrected chi connectivity index (χ3v) is 5.55. The predicted octanol–water partition coefficient (Wildman–Crippen LogP) is 3.17. The van der Waals surface area contributed by atoms with E-state index in [4.69, 9.17) is 4.74 Å². The van der Waals surface area contributed by atoms with Crippen LogP contribution in [-0.2, 0) is 10.0 Å². The van der Waals surface area contributed by atoms with Crippen LogP contribution in [0.15, 0.2) is 60.0 Å². The van der Waals surface area contributed by atoms with Crippen molar-refractivity contribution in [3.63, 3.8) is 0 Å². The minimum absolute atomic E-state index is 0.0804. The van der Waals surface area contributed by atoms with Crippen molar-refractivity contribution in [3.8, 4) is 17.1 Å². The average molecular weight is 429 g/mol. The van der Waals surface area contributed by atoms with Gasteiger partial charge in [0.2, 0.25) is 5.88 Å². The molecule has 0 aliphatic carbocycles. The van der Waals surface area contributed by atoms with Crippen LogP contribution in [0.2, 0.25) is 0 Å². The number of halogens is 2. The number of rotatable bonds is 5. The zero-order chi connectivity index (χ0) is 21.3. The smallest absolute Gasteiger partial charge is 0.267 e. The molecule has 3 aromatic heterocycles. The largest absolute Gasteiger partial charge is 0.480 e. The Kier molecular flexibility index (Phi) is 4.96. The number of ether oxygens (including phenoxy) is 1. The van der Waals surface area contributed by atoms with Gasteiger partial charge in [-0.2, -0.15) is 0 Å². The van der Waals surface area contributed by atoms with Gasteiger partial charge in [-0.3, -0.25) is 4.72 Å². The number of aromatic nitrogens is 4. The standard InChI is InChI=1S/C19H13F2N5O3S/c1-29-19-16(26-30(27,28)18-12(20)3-2-4-13(18)21)7-11(8-23-19)14-5-6-15-17(25-14)9-22-10-24-15/h2-10,26H,1H3. The summed E-state index contributed by atoms with van der Waals surface area (Å²) in [6, 6.07) is 7.58. The summed E-state index contributed by atoms with van der Waals surface area (Å²) in [6.07, 6.45) is 4.36. The van der Waals surface area contributed by atoms with Crippen LogP contribution in [0.1, 0.15) is 0 Å². The van der Waals surface area contributed by atoms with Gasteiger partial charge in [-0.1, -0.05) is 6.07 Å². The summed E-state index contributed by atoms with van der Waals surface area (Å²) >= 11 is 0. The topological polar surface area (TPSA) is 107 Å². The molecule has 152 valence electrons. The van der Waals surface area contributed by atoms with Crippen molar-refractivity contribution in [3.05, 3.63) is 66.8 Å². The molecular formula is C19H13F2N5O3S. The van der Waals surface area contributed by atoms with Crippen LogP contribution < -0.4 is 9.46 Å². The van der Waals surface area contributed by atoms with E-state index in [2.05, 4.69) is 24.7 Å². The lowest BCUT2D eigenvalue weighted by Gasteiger charge is -2.13. The molecule has 4 aromatic rings. The summed E-state index contributed by atoms with van der Waals surface area (Å²) in [5.41, 5.74) is 1.95. The molecule has 0 unspecified atom stereocenters. The van der Waals surface area contributed by atoms with Gasteiger partial charge in [0, 0.05) is 11.8 Å². The first-order chi connectivity index (χ1) is 14.4. The maximum Gasteiger partial charge on any atom is 0.267 e. The van der Waals surface area contributed by atoms with Crippen LogP contribution in [0.25, 0.3) is 22.3 Å². The van der Waals surface area contributed by atoms with E-state index in [9.17, 15) is 17.2 Å². The van der Waals surface area contributed by atoms with Crippen LogP contribution >= 0.6 is 0 Å². The molecule has 1 N–H and O–H groups in total. The monoisotopic (exact) mass is 429 g/mol. The van der Waals surface area contributed by atoms with Crippen molar-refractivity contribution in [2.75, 3.05) is 11.8 Å². The van der Waals surface area contributed by atoms with E-state index in [1.807, 2.05) is 0 Å². The van der Waals surface area contributed by atoms with Gasteiger partial charge in [-0.25, -0.2) is 37.1 Å².